The van der Waals surface area contributed by atoms with Crippen LogP contribution in [-0.4, -0.2) is 39.6 Å². The quantitative estimate of drug-likeness (QED) is 0.0833. The van der Waals surface area contributed by atoms with Gasteiger partial charge in [0.1, 0.15) is 19.8 Å². The van der Waals surface area contributed by atoms with E-state index < -0.39 is 53.6 Å². The molecule has 1 aromatic rings. The molecule has 3 saturated carbocycles. The van der Waals surface area contributed by atoms with Gasteiger partial charge in [-0.2, -0.15) is 0 Å². The van der Waals surface area contributed by atoms with Crippen LogP contribution in [0, 0.1) is 57.7 Å². The van der Waals surface area contributed by atoms with E-state index in [9.17, 15) is 13.2 Å². The van der Waals surface area contributed by atoms with Gasteiger partial charge < -0.3 is 14.1 Å². The van der Waals surface area contributed by atoms with Gasteiger partial charge in [-0.3, -0.25) is 0 Å². The Morgan fingerprint density at radius 1 is 0.833 bits per heavy atom. The fraction of sp³-hybridized carbons (Fsp3) is 0.677. The molecule has 0 aromatic heterocycles. The number of hydrogen-bond donors (Lipinski definition) is 0. The molecule has 0 aliphatic heterocycles. The summed E-state index contributed by atoms with van der Waals surface area (Å²) in [7, 11) is -0.783. The smallest absolute Gasteiger partial charge is 0.226 e. The molecular weight excluding hydrogens is 571 g/mol. The maximum atomic E-state index is 15.1. The highest BCUT2D eigenvalue weighted by molar-refractivity contribution is 6.84. The molecule has 1 aromatic carbocycles. The molecule has 0 spiro atoms. The van der Waals surface area contributed by atoms with Gasteiger partial charge in [0.2, 0.25) is 14.1 Å². The maximum Gasteiger partial charge on any atom is 0.226 e. The van der Waals surface area contributed by atoms with Crippen molar-refractivity contribution in [1.82, 2.24) is 0 Å². The number of hydrogen-bond acceptors (Lipinski definition) is 5. The fourth-order valence-electron chi connectivity index (χ4n) is 9.43. The second-order valence-corrected chi connectivity index (χ2v) is 17.2. The summed E-state index contributed by atoms with van der Waals surface area (Å²) in [5.74, 6) is -8.64. The predicted octanol–water partition coefficient (Wildman–Crippen LogP) is 7.54. The molecule has 0 saturated heterocycles. The highest BCUT2D eigenvalue weighted by Crippen LogP contribution is 2.68. The lowest BCUT2D eigenvalue weighted by atomic mass is 9.46. The molecule has 5 nitrogen and oxygen atoms in total. The molecule has 0 amide bonds. The van der Waals surface area contributed by atoms with Crippen LogP contribution in [0.5, 0.6) is 0 Å². The van der Waals surface area contributed by atoms with Crippen molar-refractivity contribution in [1.29, 1.82) is 0 Å². The minimum absolute atomic E-state index is 0.0439. The van der Waals surface area contributed by atoms with E-state index in [2.05, 4.69) is 30.2 Å². The van der Waals surface area contributed by atoms with Gasteiger partial charge in [-0.25, -0.2) is 22.0 Å². The summed E-state index contributed by atoms with van der Waals surface area (Å²) in [4.78, 5) is 10.2. The zero-order valence-electron chi connectivity index (χ0n) is 25.5. The summed E-state index contributed by atoms with van der Waals surface area (Å²) >= 11 is 0. The third-order valence-electron chi connectivity index (χ3n) is 11.4. The van der Waals surface area contributed by atoms with Gasteiger partial charge >= 0.3 is 0 Å². The van der Waals surface area contributed by atoms with Crippen LogP contribution < -0.4 is 5.19 Å². The molecule has 0 unspecified atom stereocenters. The minimum Gasteiger partial charge on any atom is -0.401 e. The number of allylic oxidation sites excluding steroid dienone is 2. The van der Waals surface area contributed by atoms with Gasteiger partial charge in [0.05, 0.1) is 11.4 Å². The predicted molar refractivity (Wildman–Crippen MR) is 153 cm³/mol. The number of nitrogens with zero attached hydrogens (tertiary/aromatic N) is 2. The van der Waals surface area contributed by atoms with Crippen LogP contribution in [0.2, 0.25) is 13.1 Å². The monoisotopic (exact) mass is 612 g/mol. The van der Waals surface area contributed by atoms with E-state index in [1.54, 1.807) is 14.0 Å². The molecular formula is C31H41F5N2O3Si. The van der Waals surface area contributed by atoms with Gasteiger partial charge in [-0.1, -0.05) is 29.7 Å². The first-order valence-electron chi connectivity index (χ1n) is 14.8. The van der Waals surface area contributed by atoms with Crippen LogP contribution in [0.15, 0.2) is 22.0 Å². The molecule has 6 atom stereocenters. The molecule has 232 valence electrons. The number of halogens is 5. The van der Waals surface area contributed by atoms with E-state index in [0.717, 1.165) is 50.7 Å². The molecule has 3 fully saturated rings. The molecule has 4 aliphatic carbocycles. The largest absolute Gasteiger partial charge is 0.401 e. The number of oxime groups is 2. The summed E-state index contributed by atoms with van der Waals surface area (Å²) in [5, 5.41) is 7.63. The molecule has 0 radical (unpaired) electrons. The number of benzene rings is 1. The zero-order valence-corrected chi connectivity index (χ0v) is 26.5. The van der Waals surface area contributed by atoms with Crippen molar-refractivity contribution in [2.75, 3.05) is 14.2 Å². The highest BCUT2D eigenvalue weighted by atomic mass is 28.4. The topological polar surface area (TPSA) is 52.4 Å². The van der Waals surface area contributed by atoms with Crippen LogP contribution in [0.4, 0.5) is 22.0 Å². The third kappa shape index (κ3) is 4.39. The average molecular weight is 613 g/mol. The van der Waals surface area contributed by atoms with Crippen molar-refractivity contribution >= 4 is 24.9 Å². The third-order valence-corrected chi connectivity index (χ3v) is 13.9. The van der Waals surface area contributed by atoms with Gasteiger partial charge in [-0.15, -0.1) is 0 Å². The van der Waals surface area contributed by atoms with Crippen LogP contribution in [0.3, 0.4) is 0 Å². The van der Waals surface area contributed by atoms with Crippen LogP contribution in [-0.2, 0) is 14.1 Å². The summed E-state index contributed by atoms with van der Waals surface area (Å²) in [6, 6.07) is 0. The lowest BCUT2D eigenvalue weighted by Gasteiger charge is -2.60. The Bertz CT molecular complexity index is 1340. The standard InChI is InChI=1S/C31H41F5N2O3Si/c1-17(37-39-4)31(41-42(6,7)28-26(35)24(33)23(32)25(34)27(28)36)15-12-22-20-9-8-18-16-19(38-40-5)10-13-29(18,2)21(20)11-14-30(22,31)3/h16,20-22H,8-15H2,1-7H3/b37-17-,38-19-/t20-,21+,22+,29+,30+,31+/m1/s1. The Hall–Kier alpha value is -2.27. The normalized spacial score (nSPS) is 35.8. The van der Waals surface area contributed by atoms with E-state index >= 15 is 8.78 Å². The molecule has 11 heteroatoms. The SMILES string of the molecule is CO/N=C1\C=C2CC[C@@H]3[C@H](CC[C@@]4(C)[C@H]3CC[C@]4(O[Si](C)(C)c3c(F)c(F)c(F)c(F)c3F)/C(C)=N\OC)[C@@]2(C)CC1. The second kappa shape index (κ2) is 10.7. The van der Waals surface area contributed by atoms with E-state index in [1.165, 1.54) is 25.8 Å². The lowest BCUT2D eigenvalue weighted by molar-refractivity contribution is -0.0882. The first-order chi connectivity index (χ1) is 19.7. The minimum atomic E-state index is -3.78. The van der Waals surface area contributed by atoms with Crippen molar-refractivity contribution in [2.45, 2.75) is 90.8 Å². The van der Waals surface area contributed by atoms with Crippen LogP contribution >= 0.6 is 0 Å². The van der Waals surface area contributed by atoms with Crippen molar-refractivity contribution in [3.05, 3.63) is 40.7 Å². The summed E-state index contributed by atoms with van der Waals surface area (Å²) in [5.41, 5.74) is 1.40. The van der Waals surface area contributed by atoms with Crippen LogP contribution in [0.25, 0.3) is 0 Å². The summed E-state index contributed by atoms with van der Waals surface area (Å²) in [6.45, 7) is 9.31. The lowest BCUT2D eigenvalue weighted by Crippen LogP contribution is -2.64. The fourth-order valence-corrected chi connectivity index (χ4v) is 12.2. The first-order valence-corrected chi connectivity index (χ1v) is 17.7. The molecule has 4 aliphatic rings. The Balaban J connectivity index is 1.55. The van der Waals surface area contributed by atoms with Crippen molar-refractivity contribution in [3.63, 3.8) is 0 Å². The molecule has 5 rings (SSSR count). The number of rotatable bonds is 6. The van der Waals surface area contributed by atoms with Gasteiger partial charge in [0.25, 0.3) is 0 Å². The van der Waals surface area contributed by atoms with Crippen molar-refractivity contribution in [3.8, 4) is 0 Å². The maximum absolute atomic E-state index is 15.1. The molecule has 42 heavy (non-hydrogen) atoms. The number of fused-ring (bicyclic) bond motifs is 5. The van der Waals surface area contributed by atoms with Gasteiger partial charge in [0, 0.05) is 10.6 Å². The zero-order chi connectivity index (χ0) is 30.8. The average Bonchev–Trinajstić information content (AvgIpc) is 3.23. The van der Waals surface area contributed by atoms with Gasteiger partial charge in [0.15, 0.2) is 23.3 Å². The molecule has 0 bridgehead atoms. The van der Waals surface area contributed by atoms with Crippen LogP contribution in [0.1, 0.15) is 72.1 Å². The van der Waals surface area contributed by atoms with Crippen molar-refractivity contribution in [2.24, 2.45) is 38.9 Å². The van der Waals surface area contributed by atoms with E-state index in [4.69, 9.17) is 14.1 Å². The Kier molecular flexibility index (Phi) is 7.95. The first kappa shape index (κ1) is 31.2. The van der Waals surface area contributed by atoms with E-state index in [0.29, 0.717) is 24.0 Å². The summed E-state index contributed by atoms with van der Waals surface area (Å²) in [6.07, 6.45) is 9.06. The Morgan fingerprint density at radius 3 is 2.07 bits per heavy atom. The highest BCUT2D eigenvalue weighted by Gasteiger charge is 2.67. The molecule has 0 N–H and O–H groups in total. The second-order valence-electron chi connectivity index (χ2n) is 13.5. The Morgan fingerprint density at radius 2 is 1.45 bits per heavy atom. The van der Waals surface area contributed by atoms with Crippen molar-refractivity contribution < 1.29 is 36.1 Å². The van der Waals surface area contributed by atoms with Gasteiger partial charge in [-0.05, 0) is 101 Å². The van der Waals surface area contributed by atoms with E-state index in [-0.39, 0.29) is 11.3 Å². The molecule has 0 heterocycles. The van der Waals surface area contributed by atoms with E-state index in [1.807, 2.05) is 0 Å². The Labute approximate surface area is 245 Å². The summed E-state index contributed by atoms with van der Waals surface area (Å²) < 4.78 is 79.7.